The van der Waals surface area contributed by atoms with Gasteiger partial charge in [-0.25, -0.2) is 15.1 Å². The van der Waals surface area contributed by atoms with Crippen LogP contribution in [0.3, 0.4) is 0 Å². The van der Waals surface area contributed by atoms with Gasteiger partial charge in [-0.15, -0.1) is 0 Å². The van der Waals surface area contributed by atoms with Crippen molar-refractivity contribution in [1.82, 2.24) is 16.1 Å². The van der Waals surface area contributed by atoms with Crippen molar-refractivity contribution < 1.29 is 23.9 Å². The van der Waals surface area contributed by atoms with Crippen LogP contribution in [0.4, 0.5) is 0 Å². The highest BCUT2D eigenvalue weighted by Gasteiger charge is 2.68. The number of hydrogen-bond acceptors (Lipinski definition) is 7. The molecule has 0 spiro atoms. The normalized spacial score (nSPS) is 25.5. The third-order valence-corrected chi connectivity index (χ3v) is 10.9. The molecule has 48 heavy (non-hydrogen) atoms. The predicted molar refractivity (Wildman–Crippen MR) is 188 cm³/mol. The molecule has 3 aliphatic carbocycles. The predicted octanol–water partition coefficient (Wildman–Crippen LogP) is 4.97. The number of guanidine groups is 1. The number of carbonyl (C=O) groups is 2. The first kappa shape index (κ1) is 37.6. The Labute approximate surface area is 286 Å². The molecule has 13 heteroatoms. The van der Waals surface area contributed by atoms with E-state index in [1.165, 1.54) is 31.2 Å². The van der Waals surface area contributed by atoms with E-state index in [1.54, 1.807) is 12.1 Å². The van der Waals surface area contributed by atoms with E-state index in [1.807, 2.05) is 17.6 Å². The van der Waals surface area contributed by atoms with Gasteiger partial charge in [-0.05, 0) is 92.7 Å². The minimum atomic E-state index is -0.878. The number of rotatable bonds is 18. The van der Waals surface area contributed by atoms with Gasteiger partial charge >= 0.3 is 7.12 Å². The van der Waals surface area contributed by atoms with Gasteiger partial charge in [-0.3, -0.25) is 9.59 Å². The number of nitrogens with zero attached hydrogens (tertiary/aromatic N) is 2. The summed E-state index contributed by atoms with van der Waals surface area (Å²) in [7, 11) is -0.593. The van der Waals surface area contributed by atoms with Crippen LogP contribution in [0.25, 0.3) is 0 Å². The van der Waals surface area contributed by atoms with Gasteiger partial charge in [0.1, 0.15) is 6.04 Å². The Balaban J connectivity index is 1.43. The molecule has 4 fully saturated rings. The molecule has 1 aromatic carbocycles. The Kier molecular flexibility index (Phi) is 12.9. The van der Waals surface area contributed by atoms with E-state index in [0.29, 0.717) is 30.2 Å². The molecule has 5 N–H and O–H groups in total. The zero-order chi connectivity index (χ0) is 35.1. The van der Waals surface area contributed by atoms with Crippen LogP contribution in [-0.2, 0) is 20.5 Å². The minimum absolute atomic E-state index is 0.0169. The van der Waals surface area contributed by atoms with Gasteiger partial charge in [0.2, 0.25) is 5.91 Å². The summed E-state index contributed by atoms with van der Waals surface area (Å²) in [6, 6.07) is 6.68. The van der Waals surface area contributed by atoms with Gasteiger partial charge in [0.05, 0.1) is 17.6 Å². The number of unbranched alkanes of at least 4 members (excludes halogenated alkanes) is 4. The van der Waals surface area contributed by atoms with Crippen LogP contribution in [0.5, 0.6) is 0 Å². The van der Waals surface area contributed by atoms with Crippen molar-refractivity contribution in [2.75, 3.05) is 6.54 Å². The second-order valence-electron chi connectivity index (χ2n) is 15.2. The number of nitrogens with two attached hydrogens (primary N) is 1. The average Bonchev–Trinajstić information content (AvgIpc) is 3.39. The summed E-state index contributed by atoms with van der Waals surface area (Å²) in [5.41, 5.74) is 8.82. The summed E-state index contributed by atoms with van der Waals surface area (Å²) >= 11 is 0. The number of aliphatic imine (C=N–C) groups is 1. The number of nitro groups is 1. The zero-order valence-electron chi connectivity index (χ0n) is 29.8. The molecule has 6 atom stereocenters. The van der Waals surface area contributed by atoms with Crippen molar-refractivity contribution in [3.63, 3.8) is 0 Å². The van der Waals surface area contributed by atoms with E-state index < -0.39 is 29.7 Å². The number of aryl methyl sites for hydroxylation is 1. The minimum Gasteiger partial charge on any atom is -0.404 e. The molecular formula is C35H57BN6O6. The van der Waals surface area contributed by atoms with Gasteiger partial charge in [0.25, 0.3) is 11.9 Å². The first-order valence-electron chi connectivity index (χ1n) is 18.0. The molecule has 2 amide bonds. The summed E-state index contributed by atoms with van der Waals surface area (Å²) in [4.78, 5) is 42.0. The molecule has 1 saturated heterocycles. The molecule has 1 aliphatic heterocycles. The fraction of sp³-hybridized carbons (Fsp3) is 0.743. The molecule has 0 radical (unpaired) electrons. The van der Waals surface area contributed by atoms with Crippen molar-refractivity contribution in [3.05, 3.63) is 45.5 Å². The average molecular weight is 669 g/mol. The summed E-state index contributed by atoms with van der Waals surface area (Å²) in [6.45, 7) is 13.3. The lowest BCUT2D eigenvalue weighted by Gasteiger charge is -2.64. The van der Waals surface area contributed by atoms with Crippen LogP contribution in [-0.4, -0.2) is 60.2 Å². The lowest BCUT2D eigenvalue weighted by atomic mass is 9.43. The van der Waals surface area contributed by atoms with E-state index in [4.69, 9.17) is 15.0 Å². The van der Waals surface area contributed by atoms with Crippen LogP contribution in [0.15, 0.2) is 29.3 Å². The maximum atomic E-state index is 14.0. The van der Waals surface area contributed by atoms with Gasteiger partial charge in [-0.2, -0.15) is 0 Å². The second kappa shape index (κ2) is 16.5. The number of amides is 2. The topological polar surface area (TPSA) is 170 Å². The van der Waals surface area contributed by atoms with Crippen LogP contribution < -0.4 is 21.8 Å². The lowest BCUT2D eigenvalue weighted by Crippen LogP contribution is -2.65. The van der Waals surface area contributed by atoms with Crippen LogP contribution in [0.2, 0.25) is 0 Å². The van der Waals surface area contributed by atoms with Crippen molar-refractivity contribution >= 4 is 24.9 Å². The Hall–Kier alpha value is -3.19. The fourth-order valence-corrected chi connectivity index (χ4v) is 7.99. The number of benzene rings is 1. The highest BCUT2D eigenvalue weighted by atomic mass is 16.7. The lowest BCUT2D eigenvalue weighted by molar-refractivity contribution is -0.525. The highest BCUT2D eigenvalue weighted by Crippen LogP contribution is 2.65. The van der Waals surface area contributed by atoms with E-state index in [0.717, 1.165) is 25.7 Å². The number of hydrazine groups is 1. The van der Waals surface area contributed by atoms with E-state index >= 15 is 0 Å². The smallest absolute Gasteiger partial charge is 0.404 e. The molecular weight excluding hydrogens is 611 g/mol. The monoisotopic (exact) mass is 668 g/mol. The fourth-order valence-electron chi connectivity index (χ4n) is 7.99. The van der Waals surface area contributed by atoms with Crippen molar-refractivity contribution in [2.45, 2.75) is 136 Å². The Morgan fingerprint density at radius 3 is 2.44 bits per heavy atom. The SMILES string of the molecule is CCCCCCCc1ccc(C(=O)N[C@@H](CCCN=C(N)N[N+](=O)[O-])C(=O)N[C@@H](CC(C)C)B2O[C@@H]3C[C@H]4C[C@H](C4(C)C)[C@]3(C)O2)cc1. The maximum Gasteiger partial charge on any atom is 0.481 e. The Morgan fingerprint density at radius 2 is 1.79 bits per heavy atom. The molecule has 5 rings (SSSR count). The highest BCUT2D eigenvalue weighted by molar-refractivity contribution is 6.48. The summed E-state index contributed by atoms with van der Waals surface area (Å²) in [5.74, 6) is -0.156. The first-order valence-corrected chi connectivity index (χ1v) is 18.0. The summed E-state index contributed by atoms with van der Waals surface area (Å²) < 4.78 is 13.3. The van der Waals surface area contributed by atoms with E-state index in [9.17, 15) is 19.7 Å². The standard InChI is InChI=1S/C35H57BN6O6/c1-7-8-9-10-11-13-24-15-17-25(18-16-24)31(43)39-27(14-12-19-38-33(37)41-42(45)46)32(44)40-30(20-23(2)3)36-47-29-22-26-21-28(34(26,4)5)35(29,6)48-36/h15-18,23,26-30H,7-14,19-22H2,1-6H3,(H,39,43)(H,40,44)(H3,37,38,41)/t26-,27+,28-,29-,30+,35+/m1/s1. The summed E-state index contributed by atoms with van der Waals surface area (Å²) in [6.07, 6.45) is 10.3. The molecule has 2 bridgehead atoms. The maximum absolute atomic E-state index is 14.0. The van der Waals surface area contributed by atoms with Gasteiger partial charge < -0.3 is 25.7 Å². The van der Waals surface area contributed by atoms with E-state index in [-0.39, 0.29) is 48.2 Å². The number of nitrogens with one attached hydrogen (secondary N) is 3. The number of carbonyl (C=O) groups excluding carboxylic acids is 2. The molecule has 4 aliphatic rings. The Morgan fingerprint density at radius 1 is 1.08 bits per heavy atom. The largest absolute Gasteiger partial charge is 0.481 e. The van der Waals surface area contributed by atoms with Crippen molar-refractivity contribution in [1.29, 1.82) is 0 Å². The molecule has 12 nitrogen and oxygen atoms in total. The van der Waals surface area contributed by atoms with E-state index in [2.05, 4.69) is 57.2 Å². The Bertz CT molecular complexity index is 1290. The second-order valence-corrected chi connectivity index (χ2v) is 15.2. The molecule has 1 aromatic rings. The van der Waals surface area contributed by atoms with Crippen molar-refractivity contribution in [3.8, 4) is 0 Å². The van der Waals surface area contributed by atoms with Gasteiger partial charge in [0.15, 0.2) is 5.03 Å². The molecule has 0 unspecified atom stereocenters. The van der Waals surface area contributed by atoms with Crippen molar-refractivity contribution in [2.24, 2.45) is 33.9 Å². The first-order chi connectivity index (χ1) is 22.7. The van der Waals surface area contributed by atoms with Crippen LogP contribution in [0, 0.1) is 33.3 Å². The third kappa shape index (κ3) is 9.28. The van der Waals surface area contributed by atoms with Gasteiger partial charge in [-0.1, -0.05) is 77.9 Å². The molecule has 3 saturated carbocycles. The molecule has 0 aromatic heterocycles. The van der Waals surface area contributed by atoms with Gasteiger partial charge in [0, 0.05) is 12.1 Å². The third-order valence-electron chi connectivity index (χ3n) is 10.9. The van der Waals surface area contributed by atoms with Crippen LogP contribution in [0.1, 0.15) is 122 Å². The molecule has 266 valence electrons. The number of hydrogen-bond donors (Lipinski definition) is 4. The molecule has 1 heterocycles. The summed E-state index contributed by atoms with van der Waals surface area (Å²) in [5, 5.41) is 16.0. The quantitative estimate of drug-likeness (QED) is 0.0424. The zero-order valence-corrected chi connectivity index (χ0v) is 29.8. The van der Waals surface area contributed by atoms with Crippen LogP contribution >= 0.6 is 0 Å².